The number of methoxy groups -OCH3 is 1. The molecule has 3 nitrogen and oxygen atoms in total. The highest BCUT2D eigenvalue weighted by molar-refractivity contribution is 5.27. The third-order valence-electron chi connectivity index (χ3n) is 2.87. The zero-order valence-electron chi connectivity index (χ0n) is 11.0. The molecule has 0 aliphatic carbocycles. The molecule has 2 rings (SSSR count). The number of rotatable bonds is 6. The molecule has 0 spiro atoms. The van der Waals surface area contributed by atoms with Gasteiger partial charge in [0.25, 0.3) is 0 Å². The molecule has 0 saturated heterocycles. The van der Waals surface area contributed by atoms with Gasteiger partial charge in [-0.05, 0) is 28.8 Å². The normalized spacial score (nSPS) is 10.4. The van der Waals surface area contributed by atoms with Crippen molar-refractivity contribution in [3.63, 3.8) is 0 Å². The number of benzene rings is 2. The molecule has 0 unspecified atom stereocenters. The van der Waals surface area contributed by atoms with Crippen LogP contribution < -0.4 is 4.74 Å². The van der Waals surface area contributed by atoms with Crippen LogP contribution in [0.3, 0.4) is 0 Å². The lowest BCUT2D eigenvalue weighted by molar-refractivity contribution is 0.107. The van der Waals surface area contributed by atoms with Gasteiger partial charge in [0.15, 0.2) is 0 Å². The van der Waals surface area contributed by atoms with Crippen LogP contribution in [0.2, 0.25) is 0 Å². The Kier molecular flexibility index (Phi) is 4.95. The summed E-state index contributed by atoms with van der Waals surface area (Å²) in [4.78, 5) is 0. The van der Waals surface area contributed by atoms with Gasteiger partial charge in [-0.25, -0.2) is 0 Å². The van der Waals surface area contributed by atoms with E-state index in [9.17, 15) is 0 Å². The van der Waals surface area contributed by atoms with E-state index >= 15 is 0 Å². The third kappa shape index (κ3) is 4.09. The van der Waals surface area contributed by atoms with Crippen LogP contribution >= 0.6 is 0 Å². The van der Waals surface area contributed by atoms with Crippen molar-refractivity contribution in [1.82, 2.24) is 0 Å². The first-order valence-corrected chi connectivity index (χ1v) is 6.21. The van der Waals surface area contributed by atoms with Crippen LogP contribution in [0.5, 0.6) is 5.75 Å². The largest absolute Gasteiger partial charge is 0.497 e. The molecule has 0 aliphatic heterocycles. The fraction of sp³-hybridized carbons (Fsp3) is 0.250. The lowest BCUT2D eigenvalue weighted by Gasteiger charge is -2.06. The summed E-state index contributed by atoms with van der Waals surface area (Å²) < 4.78 is 10.8. The fourth-order valence-electron chi connectivity index (χ4n) is 1.83. The predicted octanol–water partition coefficient (Wildman–Crippen LogP) is 2.90. The van der Waals surface area contributed by atoms with Gasteiger partial charge in [0.2, 0.25) is 0 Å². The predicted molar refractivity (Wildman–Crippen MR) is 73.9 cm³/mol. The summed E-state index contributed by atoms with van der Waals surface area (Å²) in [6.07, 6.45) is 0. The summed E-state index contributed by atoms with van der Waals surface area (Å²) in [5.74, 6) is 0.847. The first-order valence-electron chi connectivity index (χ1n) is 6.21. The van der Waals surface area contributed by atoms with Gasteiger partial charge >= 0.3 is 0 Å². The van der Waals surface area contributed by atoms with Crippen molar-refractivity contribution in [2.45, 2.75) is 19.8 Å². The molecule has 0 saturated carbocycles. The van der Waals surface area contributed by atoms with Gasteiger partial charge in [-0.3, -0.25) is 0 Å². The van der Waals surface area contributed by atoms with Crippen molar-refractivity contribution in [2.75, 3.05) is 7.11 Å². The summed E-state index contributed by atoms with van der Waals surface area (Å²) in [5, 5.41) is 9.06. The molecule has 1 N–H and O–H groups in total. The van der Waals surface area contributed by atoms with E-state index in [-0.39, 0.29) is 6.61 Å². The van der Waals surface area contributed by atoms with Gasteiger partial charge in [0.05, 0.1) is 26.9 Å². The molecule has 0 bridgehead atoms. The molecule has 2 aromatic carbocycles. The van der Waals surface area contributed by atoms with Crippen LogP contribution in [0.4, 0.5) is 0 Å². The summed E-state index contributed by atoms with van der Waals surface area (Å²) in [6.45, 7) is 1.17. The zero-order valence-corrected chi connectivity index (χ0v) is 11.0. The number of aliphatic hydroxyl groups excluding tert-OH is 1. The number of aliphatic hydroxyl groups is 1. The highest BCUT2D eigenvalue weighted by atomic mass is 16.5. The van der Waals surface area contributed by atoms with Gasteiger partial charge < -0.3 is 14.6 Å². The van der Waals surface area contributed by atoms with Crippen molar-refractivity contribution in [1.29, 1.82) is 0 Å². The van der Waals surface area contributed by atoms with Gasteiger partial charge in [0, 0.05) is 0 Å². The van der Waals surface area contributed by atoms with E-state index in [1.54, 1.807) is 7.11 Å². The molecule has 19 heavy (non-hydrogen) atoms. The van der Waals surface area contributed by atoms with Gasteiger partial charge in [-0.15, -0.1) is 0 Å². The molecular formula is C16H18O3. The summed E-state index contributed by atoms with van der Waals surface area (Å²) in [5.41, 5.74) is 3.09. The Morgan fingerprint density at radius 2 is 1.58 bits per heavy atom. The lowest BCUT2D eigenvalue weighted by Crippen LogP contribution is -1.95. The maximum Gasteiger partial charge on any atom is 0.118 e. The Labute approximate surface area is 113 Å². The summed E-state index contributed by atoms with van der Waals surface area (Å²) in [7, 11) is 1.65. The van der Waals surface area contributed by atoms with E-state index in [4.69, 9.17) is 14.6 Å². The molecule has 0 fully saturated rings. The van der Waals surface area contributed by atoms with E-state index in [1.165, 1.54) is 0 Å². The second-order valence-electron chi connectivity index (χ2n) is 4.32. The van der Waals surface area contributed by atoms with Crippen molar-refractivity contribution in [3.8, 4) is 5.75 Å². The first-order chi connectivity index (χ1) is 9.31. The molecule has 100 valence electrons. The standard InChI is InChI=1S/C16H18O3/c1-18-16-7-5-13(6-8-16)11-19-12-15-4-2-3-14(9-15)10-17/h2-9,17H,10-12H2,1H3. The van der Waals surface area contributed by atoms with E-state index in [1.807, 2.05) is 48.5 Å². The molecular weight excluding hydrogens is 240 g/mol. The molecule has 0 aromatic heterocycles. The van der Waals surface area contributed by atoms with Crippen molar-refractivity contribution < 1.29 is 14.6 Å². The van der Waals surface area contributed by atoms with E-state index < -0.39 is 0 Å². The highest BCUT2D eigenvalue weighted by Crippen LogP contribution is 2.13. The van der Waals surface area contributed by atoms with Crippen molar-refractivity contribution >= 4 is 0 Å². The van der Waals surface area contributed by atoms with Crippen LogP contribution in [0.15, 0.2) is 48.5 Å². The molecule has 0 atom stereocenters. The topological polar surface area (TPSA) is 38.7 Å². The SMILES string of the molecule is COc1ccc(COCc2cccc(CO)c2)cc1. The zero-order chi connectivity index (χ0) is 13.5. The van der Waals surface area contributed by atoms with E-state index in [2.05, 4.69) is 0 Å². The number of ether oxygens (including phenoxy) is 2. The van der Waals surface area contributed by atoms with Crippen LogP contribution in [0.1, 0.15) is 16.7 Å². The van der Waals surface area contributed by atoms with Crippen molar-refractivity contribution in [3.05, 3.63) is 65.2 Å². The maximum atomic E-state index is 9.06. The van der Waals surface area contributed by atoms with Crippen molar-refractivity contribution in [2.24, 2.45) is 0 Å². The Balaban J connectivity index is 1.85. The first kappa shape index (κ1) is 13.6. The van der Waals surface area contributed by atoms with Gasteiger partial charge in [0.1, 0.15) is 5.75 Å². The Bertz CT molecular complexity index is 506. The van der Waals surface area contributed by atoms with Crippen LogP contribution in [0, 0.1) is 0 Å². The minimum absolute atomic E-state index is 0.0618. The maximum absolute atomic E-state index is 9.06. The number of hydrogen-bond acceptors (Lipinski definition) is 3. The van der Waals surface area contributed by atoms with E-state index in [0.717, 1.165) is 22.4 Å². The third-order valence-corrected chi connectivity index (χ3v) is 2.87. The molecule has 0 heterocycles. The Morgan fingerprint density at radius 3 is 2.26 bits per heavy atom. The minimum Gasteiger partial charge on any atom is -0.497 e. The smallest absolute Gasteiger partial charge is 0.118 e. The lowest BCUT2D eigenvalue weighted by atomic mass is 10.1. The molecule has 0 radical (unpaired) electrons. The molecule has 0 aliphatic rings. The second-order valence-corrected chi connectivity index (χ2v) is 4.32. The van der Waals surface area contributed by atoms with Crippen LogP contribution in [-0.4, -0.2) is 12.2 Å². The highest BCUT2D eigenvalue weighted by Gasteiger charge is 1.98. The Hall–Kier alpha value is -1.84. The van der Waals surface area contributed by atoms with Gasteiger partial charge in [-0.1, -0.05) is 36.4 Å². The fourth-order valence-corrected chi connectivity index (χ4v) is 1.83. The average molecular weight is 258 g/mol. The number of hydrogen-bond donors (Lipinski definition) is 1. The second kappa shape index (κ2) is 6.92. The Morgan fingerprint density at radius 1 is 0.895 bits per heavy atom. The minimum atomic E-state index is 0.0618. The van der Waals surface area contributed by atoms with E-state index in [0.29, 0.717) is 13.2 Å². The summed E-state index contributed by atoms with van der Waals surface area (Å²) >= 11 is 0. The van der Waals surface area contributed by atoms with Crippen LogP contribution in [-0.2, 0) is 24.6 Å². The molecule has 0 amide bonds. The van der Waals surface area contributed by atoms with Gasteiger partial charge in [-0.2, -0.15) is 0 Å². The quantitative estimate of drug-likeness (QED) is 0.866. The molecule has 3 heteroatoms. The molecule has 2 aromatic rings. The monoisotopic (exact) mass is 258 g/mol. The van der Waals surface area contributed by atoms with Crippen LogP contribution in [0.25, 0.3) is 0 Å². The average Bonchev–Trinajstić information content (AvgIpc) is 2.48. The summed E-state index contributed by atoms with van der Waals surface area (Å²) in [6, 6.07) is 15.6.